The molecule has 4 nitrogen and oxygen atoms in total. The third kappa shape index (κ3) is 8.19. The van der Waals surface area contributed by atoms with Gasteiger partial charge in [-0.25, -0.2) is 4.79 Å². The smallest absolute Gasteiger partial charge is 0.850 e. The Bertz CT molecular complexity index is 456. The molecule has 0 fully saturated rings. The zero-order chi connectivity index (χ0) is 15.2. The molecule has 0 spiro atoms. The number of ether oxygens (including phenoxy) is 1. The summed E-state index contributed by atoms with van der Waals surface area (Å²) in [5, 5.41) is 19.7. The van der Waals surface area contributed by atoms with Gasteiger partial charge in [-0.05, 0) is 13.0 Å². The summed E-state index contributed by atoms with van der Waals surface area (Å²) in [6.07, 6.45) is 1.53. The quantitative estimate of drug-likeness (QED) is 0.578. The fourth-order valence-electron chi connectivity index (χ4n) is 1.22. The summed E-state index contributed by atoms with van der Waals surface area (Å²) < 4.78 is 4.57. The average Bonchev–Trinajstić information content (AvgIpc) is 2.29. The van der Waals surface area contributed by atoms with Crippen LogP contribution in [0.2, 0.25) is 0 Å². The first-order valence-corrected chi connectivity index (χ1v) is 5.85. The number of phenols is 1. The van der Waals surface area contributed by atoms with Crippen LogP contribution in [0.1, 0.15) is 42.3 Å². The van der Waals surface area contributed by atoms with Crippen molar-refractivity contribution in [1.82, 2.24) is 0 Å². The molecule has 1 N–H and O–H groups in total. The number of carbonyl (C=O) groups excluding carboxylic acids is 1. The first-order chi connectivity index (χ1) is 8.61. The number of hydrogen-bond donors (Lipinski definition) is 1. The molecule has 0 aliphatic heterocycles. The molecule has 0 aliphatic rings. The largest absolute Gasteiger partial charge is 1.00 e. The van der Waals surface area contributed by atoms with E-state index in [9.17, 15) is 15.0 Å². The van der Waals surface area contributed by atoms with E-state index in [0.717, 1.165) is 0 Å². The molecule has 0 bridgehead atoms. The maximum Gasteiger partial charge on any atom is 1.00 e. The van der Waals surface area contributed by atoms with Crippen molar-refractivity contribution in [1.29, 1.82) is 0 Å². The van der Waals surface area contributed by atoms with Gasteiger partial charge in [-0.1, -0.05) is 39.5 Å². The molecule has 106 valence electrons. The minimum absolute atomic E-state index is 0. The Morgan fingerprint density at radius 2 is 1.85 bits per heavy atom. The molecule has 0 heterocycles. The van der Waals surface area contributed by atoms with E-state index in [1.807, 2.05) is 0 Å². The van der Waals surface area contributed by atoms with Gasteiger partial charge in [0.15, 0.2) is 0 Å². The van der Waals surface area contributed by atoms with Crippen LogP contribution in [0.15, 0.2) is 18.7 Å². The van der Waals surface area contributed by atoms with Gasteiger partial charge in [-0.2, -0.15) is 0 Å². The molecule has 1 rings (SSSR count). The first kappa shape index (κ1) is 22.1. The maximum absolute atomic E-state index is 11.2. The molecule has 1 aromatic carbocycles. The van der Waals surface area contributed by atoms with Crippen LogP contribution in [0.3, 0.4) is 0 Å². The Morgan fingerprint density at radius 3 is 2.20 bits per heavy atom. The van der Waals surface area contributed by atoms with Gasteiger partial charge in [0.25, 0.3) is 0 Å². The molecule has 0 atom stereocenters. The molecule has 0 radical (unpaired) electrons. The van der Waals surface area contributed by atoms with E-state index >= 15 is 0 Å². The third-order valence-electron chi connectivity index (χ3n) is 2.09. The van der Waals surface area contributed by atoms with E-state index < -0.39 is 11.6 Å². The first-order valence-electron chi connectivity index (χ1n) is 5.85. The Kier molecular flexibility index (Phi) is 10.7. The Hall–Kier alpha value is -0.174. The van der Waals surface area contributed by atoms with Gasteiger partial charge >= 0.3 is 57.4 Å². The van der Waals surface area contributed by atoms with E-state index in [1.165, 1.54) is 13.2 Å². The fraction of sp³-hybridized carbons (Fsp3) is 0.400. The molecule has 0 saturated carbocycles. The summed E-state index contributed by atoms with van der Waals surface area (Å²) in [5.74, 6) is -0.378. The average molecular weight is 304 g/mol. The van der Waals surface area contributed by atoms with E-state index in [-0.39, 0.29) is 57.1 Å². The second-order valence-corrected chi connectivity index (χ2v) is 4.98. The number of benzene rings is 1. The van der Waals surface area contributed by atoms with Crippen molar-refractivity contribution in [3.05, 3.63) is 35.4 Å². The van der Waals surface area contributed by atoms with Crippen molar-refractivity contribution in [2.45, 2.75) is 33.3 Å². The molecule has 1 aromatic rings. The third-order valence-corrected chi connectivity index (χ3v) is 2.09. The van der Waals surface area contributed by atoms with Crippen LogP contribution in [-0.2, 0) is 4.74 Å². The van der Waals surface area contributed by atoms with Crippen molar-refractivity contribution >= 4 is 12.0 Å². The zero-order valence-electron chi connectivity index (χ0n) is 13.1. The monoisotopic (exact) mass is 304 g/mol. The van der Waals surface area contributed by atoms with Gasteiger partial charge in [0.2, 0.25) is 0 Å². The minimum atomic E-state index is -0.750. The van der Waals surface area contributed by atoms with Crippen molar-refractivity contribution < 1.29 is 71.1 Å². The van der Waals surface area contributed by atoms with Crippen LogP contribution in [0.4, 0.5) is 0 Å². The second-order valence-electron chi connectivity index (χ2n) is 4.98. The maximum atomic E-state index is 11.2. The zero-order valence-corrected chi connectivity index (χ0v) is 16.2. The number of methoxy groups -OCH3 is 1. The minimum Gasteiger partial charge on any atom is -0.850 e. The van der Waals surface area contributed by atoms with Crippen LogP contribution in [-0.4, -0.2) is 23.8 Å². The Morgan fingerprint density at radius 1 is 1.40 bits per heavy atom. The van der Waals surface area contributed by atoms with Crippen molar-refractivity contribution in [2.24, 2.45) is 0 Å². The van der Waals surface area contributed by atoms with Gasteiger partial charge in [-0.15, -0.1) is 5.60 Å². The topological polar surface area (TPSA) is 69.6 Å². The van der Waals surface area contributed by atoms with Crippen molar-refractivity contribution in [3.63, 3.8) is 0 Å². The van der Waals surface area contributed by atoms with Crippen molar-refractivity contribution in [3.8, 4) is 5.75 Å². The molecule has 0 saturated heterocycles. The van der Waals surface area contributed by atoms with Crippen molar-refractivity contribution in [2.75, 3.05) is 7.11 Å². The Balaban J connectivity index is 0. The molecule has 0 amide bonds. The van der Waals surface area contributed by atoms with Crippen LogP contribution in [0.5, 0.6) is 5.75 Å². The molecule has 0 aliphatic carbocycles. The van der Waals surface area contributed by atoms with Crippen LogP contribution in [0.25, 0.3) is 6.08 Å². The van der Waals surface area contributed by atoms with Gasteiger partial charge in [0, 0.05) is 11.1 Å². The summed E-state index contributed by atoms with van der Waals surface area (Å²) in [6, 6.07) is 3.24. The number of hydrogen-bond acceptors (Lipinski definition) is 4. The molecular weight excluding hydrogens is 283 g/mol. The summed E-state index contributed by atoms with van der Waals surface area (Å²) >= 11 is 0. The SMILES string of the molecule is C=Cc1ccc(C(=O)OC)c(C)c1O.CC(C)(C)[O-].[K+]. The standard InChI is InChI=1S/C11H12O3.C4H9O.K/c1-4-8-5-6-9(11(13)14-3)7(2)10(8)12;1-4(2,3)5;/h4-6,12H,1H2,2-3H3;1-3H3;/q;-1;+1. The second kappa shape index (κ2) is 9.71. The number of aromatic hydroxyl groups is 1. The summed E-state index contributed by atoms with van der Waals surface area (Å²) in [4.78, 5) is 11.2. The molecule has 5 heteroatoms. The van der Waals surface area contributed by atoms with Gasteiger partial charge in [0.05, 0.1) is 12.7 Å². The van der Waals surface area contributed by atoms with Gasteiger partial charge in [-0.3, -0.25) is 0 Å². The molecule has 20 heavy (non-hydrogen) atoms. The predicted molar refractivity (Wildman–Crippen MR) is 74.0 cm³/mol. The summed E-state index contributed by atoms with van der Waals surface area (Å²) in [5.41, 5.74) is 0.736. The number of phenolic OH excluding ortho intramolecular Hbond substituents is 1. The van der Waals surface area contributed by atoms with Crippen LogP contribution >= 0.6 is 0 Å². The fourth-order valence-corrected chi connectivity index (χ4v) is 1.22. The summed E-state index contributed by atoms with van der Waals surface area (Å²) in [7, 11) is 1.31. The summed E-state index contributed by atoms with van der Waals surface area (Å²) in [6.45, 7) is 10.1. The van der Waals surface area contributed by atoms with Crippen LogP contribution < -0.4 is 56.5 Å². The number of carbonyl (C=O) groups is 1. The number of esters is 1. The molecular formula is C15H21KO4. The van der Waals surface area contributed by atoms with E-state index in [0.29, 0.717) is 16.7 Å². The van der Waals surface area contributed by atoms with Gasteiger partial charge in [0.1, 0.15) is 5.75 Å². The van der Waals surface area contributed by atoms with Gasteiger partial charge < -0.3 is 14.9 Å². The molecule has 0 aromatic heterocycles. The Labute approximate surface area is 163 Å². The molecule has 0 unspecified atom stereocenters. The van der Waals surface area contributed by atoms with E-state index in [2.05, 4.69) is 11.3 Å². The van der Waals surface area contributed by atoms with Crippen LogP contribution in [0, 0.1) is 6.92 Å². The predicted octanol–water partition coefficient (Wildman–Crippen LogP) is -0.721. The van der Waals surface area contributed by atoms with E-state index in [4.69, 9.17) is 0 Å². The van der Waals surface area contributed by atoms with E-state index in [1.54, 1.807) is 39.8 Å². The normalized spacial score (nSPS) is 9.70. The number of rotatable bonds is 2.